The van der Waals surface area contributed by atoms with Crippen LogP contribution in [0.1, 0.15) is 23.2 Å². The molecule has 2 saturated heterocycles. The highest BCUT2D eigenvalue weighted by Crippen LogP contribution is 2.36. The molecule has 2 aromatic heterocycles. The van der Waals surface area contributed by atoms with Crippen molar-refractivity contribution < 1.29 is 22.7 Å². The molecular formula is C21H23F3N6O3. The first-order valence-electron chi connectivity index (χ1n) is 10.7. The summed E-state index contributed by atoms with van der Waals surface area (Å²) in [5.41, 5.74) is -0.253. The summed E-state index contributed by atoms with van der Waals surface area (Å²) < 4.78 is 48.6. The summed E-state index contributed by atoms with van der Waals surface area (Å²) in [7, 11) is 1.67. The summed E-state index contributed by atoms with van der Waals surface area (Å²) in [6, 6.07) is 2.55. The fourth-order valence-electron chi connectivity index (χ4n) is 4.76. The number of Topliss-reactive ketones (excluding diaryl/α,β-unsaturated/α-hetero) is 1. The molecule has 0 aromatic carbocycles. The number of carbonyl (C=O) groups excluding carboxylic acids is 1. The maximum absolute atomic E-state index is 13.9. The average Bonchev–Trinajstić information content (AvgIpc) is 3.42. The Morgan fingerprint density at radius 1 is 1.33 bits per heavy atom. The lowest BCUT2D eigenvalue weighted by atomic mass is 10.1. The predicted octanol–water partition coefficient (Wildman–Crippen LogP) is 1.68. The maximum Gasteiger partial charge on any atom is 0.408 e. The molecule has 0 radical (unpaired) electrons. The van der Waals surface area contributed by atoms with Gasteiger partial charge in [0.2, 0.25) is 5.95 Å². The monoisotopic (exact) mass is 464 g/mol. The van der Waals surface area contributed by atoms with Crippen LogP contribution >= 0.6 is 0 Å². The number of pyridine rings is 1. The Labute approximate surface area is 187 Å². The number of aromatic nitrogens is 3. The van der Waals surface area contributed by atoms with Gasteiger partial charge in [-0.05, 0) is 25.0 Å². The van der Waals surface area contributed by atoms with E-state index in [4.69, 9.17) is 4.74 Å². The Bertz CT molecular complexity index is 1120. The zero-order valence-electron chi connectivity index (χ0n) is 17.9. The molecule has 0 amide bonds. The maximum atomic E-state index is 13.9. The highest BCUT2D eigenvalue weighted by molar-refractivity contribution is 5.99. The van der Waals surface area contributed by atoms with E-state index in [1.165, 1.54) is 22.9 Å². The van der Waals surface area contributed by atoms with Crippen LogP contribution in [0, 0.1) is 0 Å². The van der Waals surface area contributed by atoms with Gasteiger partial charge in [-0.1, -0.05) is 0 Å². The van der Waals surface area contributed by atoms with Gasteiger partial charge in [-0.15, -0.1) is 0 Å². The average molecular weight is 464 g/mol. The number of fused-ring (bicyclic) bond motifs is 3. The summed E-state index contributed by atoms with van der Waals surface area (Å²) in [5.74, 6) is 0.177. The Balaban J connectivity index is 1.51. The van der Waals surface area contributed by atoms with Crippen LogP contribution in [-0.4, -0.2) is 71.4 Å². The number of ether oxygens (including phenoxy) is 1. The molecule has 12 heteroatoms. The summed E-state index contributed by atoms with van der Waals surface area (Å²) in [4.78, 5) is 37.1. The van der Waals surface area contributed by atoms with Crippen LogP contribution in [0.2, 0.25) is 0 Å². The molecule has 1 N–H and O–H groups in total. The second-order valence-electron chi connectivity index (χ2n) is 8.48. The number of ketones is 1. The van der Waals surface area contributed by atoms with E-state index in [0.717, 1.165) is 11.3 Å². The molecule has 0 aliphatic carbocycles. The zero-order valence-corrected chi connectivity index (χ0v) is 17.9. The second-order valence-corrected chi connectivity index (χ2v) is 8.48. The van der Waals surface area contributed by atoms with Crippen LogP contribution in [-0.2, 0) is 11.3 Å². The summed E-state index contributed by atoms with van der Waals surface area (Å²) in [6.45, 7) is 0.332. The number of morpholine rings is 1. The highest BCUT2D eigenvalue weighted by Gasteiger charge is 2.48. The van der Waals surface area contributed by atoms with Gasteiger partial charge in [-0.3, -0.25) is 14.2 Å². The Hall–Kier alpha value is -3.15. The number of rotatable bonds is 5. The fourth-order valence-corrected chi connectivity index (χ4v) is 4.76. The molecule has 2 fully saturated rings. The largest absolute Gasteiger partial charge is 0.408 e. The number of carbonyl (C=O) groups is 1. The van der Waals surface area contributed by atoms with E-state index in [1.807, 2.05) is 4.90 Å². The lowest BCUT2D eigenvalue weighted by Crippen LogP contribution is -2.54. The zero-order chi connectivity index (χ0) is 23.3. The van der Waals surface area contributed by atoms with E-state index in [9.17, 15) is 22.8 Å². The summed E-state index contributed by atoms with van der Waals surface area (Å²) in [5, 5.41) is 2.82. The smallest absolute Gasteiger partial charge is 0.374 e. The number of nitrogens with one attached hydrogen (secondary N) is 1. The Morgan fingerprint density at radius 2 is 2.15 bits per heavy atom. The standard InChI is InChI=1S/C21H23F3N6O3/c1-25-17-3-2-12(8-26-17)15(31)10-30-16(21(22,23)24)4-5-28-19(32)7-18(27-20(28)30)29-9-14-6-13(29)11-33-14/h2-3,7-8,13-14,16H,4-6,9-11H2,1H3,(H,25,26). The van der Waals surface area contributed by atoms with Crippen molar-refractivity contribution in [3.63, 3.8) is 0 Å². The minimum atomic E-state index is -4.59. The van der Waals surface area contributed by atoms with Crippen molar-refractivity contribution in [2.45, 2.75) is 43.8 Å². The molecule has 2 aromatic rings. The number of hydrogen-bond donors (Lipinski definition) is 1. The molecule has 5 rings (SSSR count). The third kappa shape index (κ3) is 3.92. The van der Waals surface area contributed by atoms with Crippen molar-refractivity contribution >= 4 is 23.4 Å². The third-order valence-electron chi connectivity index (χ3n) is 6.46. The minimum Gasteiger partial charge on any atom is -0.374 e. The Kier molecular flexibility index (Phi) is 5.26. The first-order valence-corrected chi connectivity index (χ1v) is 10.7. The van der Waals surface area contributed by atoms with Gasteiger partial charge in [0.1, 0.15) is 17.7 Å². The highest BCUT2D eigenvalue weighted by atomic mass is 19.4. The van der Waals surface area contributed by atoms with Crippen molar-refractivity contribution in [1.82, 2.24) is 14.5 Å². The van der Waals surface area contributed by atoms with Crippen molar-refractivity contribution in [1.29, 1.82) is 0 Å². The topological polar surface area (TPSA) is 92.6 Å². The van der Waals surface area contributed by atoms with Gasteiger partial charge in [-0.25, -0.2) is 4.98 Å². The van der Waals surface area contributed by atoms with Crippen LogP contribution in [0.3, 0.4) is 0 Å². The normalized spacial score (nSPS) is 24.2. The molecule has 0 saturated carbocycles. The van der Waals surface area contributed by atoms with Gasteiger partial charge in [0.15, 0.2) is 5.78 Å². The summed E-state index contributed by atoms with van der Waals surface area (Å²) >= 11 is 0. The number of alkyl halides is 3. The van der Waals surface area contributed by atoms with Gasteiger partial charge in [-0.2, -0.15) is 18.2 Å². The van der Waals surface area contributed by atoms with E-state index in [0.29, 0.717) is 24.8 Å². The quantitative estimate of drug-likeness (QED) is 0.669. The number of halogens is 3. The lowest BCUT2D eigenvalue weighted by Gasteiger charge is -2.39. The molecule has 0 spiro atoms. The van der Waals surface area contributed by atoms with Crippen molar-refractivity contribution in [2.75, 3.05) is 41.9 Å². The van der Waals surface area contributed by atoms with Gasteiger partial charge in [0.05, 0.1) is 25.3 Å². The van der Waals surface area contributed by atoms with Gasteiger partial charge >= 0.3 is 6.18 Å². The number of nitrogens with zero attached hydrogens (tertiary/aromatic N) is 5. The van der Waals surface area contributed by atoms with E-state index in [2.05, 4.69) is 15.3 Å². The molecule has 5 heterocycles. The first-order chi connectivity index (χ1) is 15.7. The molecular weight excluding hydrogens is 441 g/mol. The van der Waals surface area contributed by atoms with Crippen LogP contribution in [0.5, 0.6) is 0 Å². The lowest BCUT2D eigenvalue weighted by molar-refractivity contribution is -0.152. The van der Waals surface area contributed by atoms with E-state index < -0.39 is 30.1 Å². The predicted molar refractivity (Wildman–Crippen MR) is 114 cm³/mol. The van der Waals surface area contributed by atoms with Crippen molar-refractivity contribution in [3.8, 4) is 0 Å². The van der Waals surface area contributed by atoms with Crippen LogP contribution < -0.4 is 20.7 Å². The molecule has 3 unspecified atom stereocenters. The molecule has 3 aliphatic rings. The molecule has 3 aliphatic heterocycles. The Morgan fingerprint density at radius 3 is 2.76 bits per heavy atom. The SMILES string of the molecule is CNc1ccc(C(=O)CN2c3nc(N4CC5CC4CO5)cc(=O)n3CCC2C(F)(F)F)cn1. The second kappa shape index (κ2) is 8.01. The molecule has 3 atom stereocenters. The van der Waals surface area contributed by atoms with Crippen LogP contribution in [0.4, 0.5) is 30.8 Å². The van der Waals surface area contributed by atoms with Crippen LogP contribution in [0.25, 0.3) is 0 Å². The third-order valence-corrected chi connectivity index (χ3v) is 6.46. The number of anilines is 3. The molecule has 9 nitrogen and oxygen atoms in total. The van der Waals surface area contributed by atoms with Crippen molar-refractivity contribution in [2.24, 2.45) is 0 Å². The molecule has 176 valence electrons. The van der Waals surface area contributed by atoms with Gasteiger partial charge < -0.3 is 19.9 Å². The molecule has 2 bridgehead atoms. The fraction of sp³-hybridized carbons (Fsp3) is 0.524. The van der Waals surface area contributed by atoms with Gasteiger partial charge in [0, 0.05) is 38.0 Å². The minimum absolute atomic E-state index is 0.0317. The molecule has 33 heavy (non-hydrogen) atoms. The van der Waals surface area contributed by atoms with Crippen molar-refractivity contribution in [3.05, 3.63) is 40.3 Å². The van der Waals surface area contributed by atoms with Crippen LogP contribution in [0.15, 0.2) is 29.2 Å². The van der Waals surface area contributed by atoms with Gasteiger partial charge in [0.25, 0.3) is 5.56 Å². The first kappa shape index (κ1) is 21.7. The van der Waals surface area contributed by atoms with E-state index >= 15 is 0 Å². The van der Waals surface area contributed by atoms with E-state index in [-0.39, 0.29) is 36.6 Å². The number of hydrogen-bond acceptors (Lipinski definition) is 8. The van der Waals surface area contributed by atoms with E-state index in [1.54, 1.807) is 13.1 Å². The summed E-state index contributed by atoms with van der Waals surface area (Å²) in [6.07, 6.45) is -2.79.